The van der Waals surface area contributed by atoms with Crippen LogP contribution in [0.4, 0.5) is 5.69 Å². The molecule has 2 N–H and O–H groups in total. The minimum atomic E-state index is 0.467. The number of hydrogen-bond acceptors (Lipinski definition) is 5. The second kappa shape index (κ2) is 6.61. The predicted octanol–water partition coefficient (Wildman–Crippen LogP) is 3.62. The maximum Gasteiger partial charge on any atom is 0.241 e. The van der Waals surface area contributed by atoms with Crippen LogP contribution in [0.25, 0.3) is 0 Å². The number of benzene rings is 1. The molecule has 0 radical (unpaired) electrons. The fourth-order valence-electron chi connectivity index (χ4n) is 1.78. The van der Waals surface area contributed by atoms with E-state index in [1.165, 1.54) is 17.5 Å². The summed E-state index contributed by atoms with van der Waals surface area (Å²) < 4.78 is 5.52. The van der Waals surface area contributed by atoms with E-state index < -0.39 is 0 Å². The highest BCUT2D eigenvalue weighted by molar-refractivity contribution is 7.99. The van der Waals surface area contributed by atoms with E-state index in [0.29, 0.717) is 18.2 Å². The molecule has 0 aliphatic carbocycles. The topological polar surface area (TPSA) is 61.0 Å². The lowest BCUT2D eigenvalue weighted by molar-refractivity contribution is 0.305. The Labute approximate surface area is 123 Å². The normalized spacial score (nSPS) is 10.6. The molecule has 2 aromatic rings. The number of nitrogen functional groups attached to an aromatic ring is 1. The first kappa shape index (κ1) is 14.7. The van der Waals surface area contributed by atoms with Gasteiger partial charge in [0.2, 0.25) is 5.88 Å². The molecule has 0 spiro atoms. The minimum absolute atomic E-state index is 0.467. The summed E-state index contributed by atoms with van der Waals surface area (Å²) in [5, 5.41) is 0.734. The molecule has 4 nitrogen and oxygen atoms in total. The second-order valence-corrected chi connectivity index (χ2v) is 5.65. The summed E-state index contributed by atoms with van der Waals surface area (Å²) in [5.74, 6) is 0.467. The summed E-state index contributed by atoms with van der Waals surface area (Å²) in [6.45, 7) is 6.82. The molecule has 0 saturated carbocycles. The number of hydrogen-bond donors (Lipinski definition) is 1. The maximum absolute atomic E-state index is 6.08. The molecule has 0 fully saturated rings. The van der Waals surface area contributed by atoms with Crippen LogP contribution in [0.5, 0.6) is 5.88 Å². The molecule has 0 unspecified atom stereocenters. The standard InChI is InChI=1S/C15H19N3OS/c1-4-7-19-14-13(16)15(18-9-17-14)20-12-6-5-10(2)8-11(12)3/h5-6,8-9H,4,7,16H2,1-3H3. The SMILES string of the molecule is CCCOc1ncnc(Sc2ccc(C)cc2C)c1N. The second-order valence-electron chi connectivity index (χ2n) is 4.62. The van der Waals surface area contributed by atoms with Crippen LogP contribution >= 0.6 is 11.8 Å². The van der Waals surface area contributed by atoms with Gasteiger partial charge in [0.15, 0.2) is 0 Å². The van der Waals surface area contributed by atoms with Crippen molar-refractivity contribution < 1.29 is 4.74 Å². The van der Waals surface area contributed by atoms with Gasteiger partial charge >= 0.3 is 0 Å². The van der Waals surface area contributed by atoms with Gasteiger partial charge in [-0.25, -0.2) is 4.98 Å². The van der Waals surface area contributed by atoms with Crippen LogP contribution in [0.2, 0.25) is 0 Å². The number of aromatic nitrogens is 2. The molecule has 5 heteroatoms. The molecular weight excluding hydrogens is 270 g/mol. The zero-order chi connectivity index (χ0) is 14.5. The Morgan fingerprint density at radius 2 is 2.05 bits per heavy atom. The molecule has 1 aromatic carbocycles. The van der Waals surface area contributed by atoms with Crippen molar-refractivity contribution in [3.8, 4) is 5.88 Å². The van der Waals surface area contributed by atoms with Crippen molar-refractivity contribution in [2.45, 2.75) is 37.1 Å². The number of aryl methyl sites for hydroxylation is 2. The summed E-state index contributed by atoms with van der Waals surface area (Å²) in [4.78, 5) is 9.48. The third-order valence-electron chi connectivity index (χ3n) is 2.79. The van der Waals surface area contributed by atoms with Gasteiger partial charge in [0.1, 0.15) is 17.0 Å². The lowest BCUT2D eigenvalue weighted by Crippen LogP contribution is -2.03. The average Bonchev–Trinajstić information content (AvgIpc) is 2.42. The molecule has 20 heavy (non-hydrogen) atoms. The van der Waals surface area contributed by atoms with Gasteiger partial charge in [-0.3, -0.25) is 0 Å². The zero-order valence-corrected chi connectivity index (χ0v) is 12.8. The third kappa shape index (κ3) is 3.42. The van der Waals surface area contributed by atoms with E-state index >= 15 is 0 Å². The van der Waals surface area contributed by atoms with Gasteiger partial charge in [-0.15, -0.1) is 0 Å². The van der Waals surface area contributed by atoms with Gasteiger partial charge in [0.25, 0.3) is 0 Å². The van der Waals surface area contributed by atoms with Crippen molar-refractivity contribution in [1.29, 1.82) is 0 Å². The highest BCUT2D eigenvalue weighted by atomic mass is 32.2. The van der Waals surface area contributed by atoms with Crippen molar-refractivity contribution in [3.05, 3.63) is 35.7 Å². The lowest BCUT2D eigenvalue weighted by atomic mass is 10.2. The van der Waals surface area contributed by atoms with Crippen molar-refractivity contribution in [2.75, 3.05) is 12.3 Å². The largest absolute Gasteiger partial charge is 0.476 e. The number of rotatable bonds is 5. The van der Waals surface area contributed by atoms with Gasteiger partial charge in [-0.05, 0) is 31.9 Å². The van der Waals surface area contributed by atoms with Crippen LogP contribution in [0.3, 0.4) is 0 Å². The molecule has 0 amide bonds. The van der Waals surface area contributed by atoms with Crippen LogP contribution < -0.4 is 10.5 Å². The van der Waals surface area contributed by atoms with E-state index in [0.717, 1.165) is 16.3 Å². The minimum Gasteiger partial charge on any atom is -0.476 e. The monoisotopic (exact) mass is 289 g/mol. The molecule has 2 rings (SSSR count). The summed E-state index contributed by atoms with van der Waals surface area (Å²) in [6.07, 6.45) is 2.41. The van der Waals surface area contributed by atoms with Crippen LogP contribution in [0, 0.1) is 13.8 Å². The van der Waals surface area contributed by atoms with E-state index in [1.807, 2.05) is 6.92 Å². The number of nitrogens with zero attached hydrogens (tertiary/aromatic N) is 2. The van der Waals surface area contributed by atoms with Gasteiger partial charge < -0.3 is 10.5 Å². The molecule has 0 bridgehead atoms. The Hall–Kier alpha value is -1.75. The Morgan fingerprint density at radius 1 is 1.25 bits per heavy atom. The fraction of sp³-hybridized carbons (Fsp3) is 0.333. The van der Waals surface area contributed by atoms with Gasteiger partial charge in [-0.1, -0.05) is 36.4 Å². The fourth-order valence-corrected chi connectivity index (χ4v) is 2.64. The van der Waals surface area contributed by atoms with Crippen LogP contribution in [0.15, 0.2) is 34.4 Å². The van der Waals surface area contributed by atoms with Crippen LogP contribution in [-0.2, 0) is 0 Å². The van der Waals surface area contributed by atoms with E-state index in [-0.39, 0.29) is 0 Å². The summed E-state index contributed by atoms with van der Waals surface area (Å²) >= 11 is 1.54. The first-order valence-corrected chi connectivity index (χ1v) is 7.41. The van der Waals surface area contributed by atoms with Gasteiger partial charge in [-0.2, -0.15) is 4.98 Å². The van der Waals surface area contributed by atoms with E-state index in [9.17, 15) is 0 Å². The van der Waals surface area contributed by atoms with Gasteiger partial charge in [0, 0.05) is 4.90 Å². The Bertz CT molecular complexity index is 602. The summed E-state index contributed by atoms with van der Waals surface area (Å²) in [5.41, 5.74) is 9.04. The smallest absolute Gasteiger partial charge is 0.241 e. The highest BCUT2D eigenvalue weighted by Crippen LogP contribution is 2.35. The number of anilines is 1. The van der Waals surface area contributed by atoms with Crippen molar-refractivity contribution in [1.82, 2.24) is 9.97 Å². The number of ether oxygens (including phenoxy) is 1. The Kier molecular flexibility index (Phi) is 4.84. The molecule has 0 aliphatic rings. The molecule has 0 atom stereocenters. The molecule has 106 valence electrons. The first-order chi connectivity index (χ1) is 9.61. The van der Waals surface area contributed by atoms with Crippen LogP contribution in [-0.4, -0.2) is 16.6 Å². The quantitative estimate of drug-likeness (QED) is 0.852. The molecule has 0 saturated heterocycles. The molecular formula is C15H19N3OS. The van der Waals surface area contributed by atoms with Crippen LogP contribution in [0.1, 0.15) is 24.5 Å². The Morgan fingerprint density at radius 3 is 2.75 bits per heavy atom. The van der Waals surface area contributed by atoms with E-state index in [1.54, 1.807) is 11.8 Å². The van der Waals surface area contributed by atoms with E-state index in [4.69, 9.17) is 10.5 Å². The third-order valence-corrected chi connectivity index (χ3v) is 3.99. The van der Waals surface area contributed by atoms with Crippen molar-refractivity contribution in [2.24, 2.45) is 0 Å². The summed E-state index contributed by atoms with van der Waals surface area (Å²) in [7, 11) is 0. The number of nitrogens with two attached hydrogens (primary N) is 1. The lowest BCUT2D eigenvalue weighted by Gasteiger charge is -2.10. The van der Waals surface area contributed by atoms with Gasteiger partial charge in [0.05, 0.1) is 6.61 Å². The van der Waals surface area contributed by atoms with Crippen molar-refractivity contribution >= 4 is 17.4 Å². The zero-order valence-electron chi connectivity index (χ0n) is 12.0. The predicted molar refractivity (Wildman–Crippen MR) is 82.3 cm³/mol. The van der Waals surface area contributed by atoms with E-state index in [2.05, 4.69) is 42.0 Å². The maximum atomic E-state index is 6.08. The Balaban J connectivity index is 2.24. The highest BCUT2D eigenvalue weighted by Gasteiger charge is 2.11. The first-order valence-electron chi connectivity index (χ1n) is 6.60. The molecule has 1 aromatic heterocycles. The molecule has 1 heterocycles. The van der Waals surface area contributed by atoms with Crippen molar-refractivity contribution in [3.63, 3.8) is 0 Å². The average molecular weight is 289 g/mol. The molecule has 0 aliphatic heterocycles. The summed E-state index contributed by atoms with van der Waals surface area (Å²) in [6, 6.07) is 6.32.